The molecule has 176 valence electrons. The smallest absolute Gasteiger partial charge is 0.255 e. The third-order valence-corrected chi connectivity index (χ3v) is 6.60. The zero-order valence-electron chi connectivity index (χ0n) is 20.5. The number of methoxy groups -OCH3 is 1. The number of carbonyl (C=O) groups is 1. The van der Waals surface area contributed by atoms with Crippen LogP contribution in [0, 0.1) is 20.8 Å². The van der Waals surface area contributed by atoms with Crippen LogP contribution < -0.4 is 4.74 Å². The van der Waals surface area contributed by atoms with Crippen LogP contribution in [0.4, 0.5) is 0 Å². The number of ether oxygens (including phenoxy) is 1. The molecule has 0 spiro atoms. The third-order valence-electron chi connectivity index (χ3n) is 6.10. The first-order valence-electron chi connectivity index (χ1n) is 11.4. The van der Waals surface area contributed by atoms with Gasteiger partial charge in [0, 0.05) is 21.8 Å². The number of hydrogen-bond donors (Lipinski definition) is 0. The largest absolute Gasteiger partial charge is 0.497 e. The molecule has 0 bridgehead atoms. The summed E-state index contributed by atoms with van der Waals surface area (Å²) in [7, 11) is 1.66. The highest BCUT2D eigenvalue weighted by atomic mass is 79.9. The number of imidazole rings is 1. The maximum Gasteiger partial charge on any atom is 0.255 e. The SMILES string of the molecule is COc1ccc(-n2c(CN(C(=O)c3c(C)cc(C)cc3C)C(C)C)nc3cc(Br)ccc32)cc1. The number of benzene rings is 3. The summed E-state index contributed by atoms with van der Waals surface area (Å²) < 4.78 is 8.43. The summed E-state index contributed by atoms with van der Waals surface area (Å²) in [5, 5.41) is 0. The van der Waals surface area contributed by atoms with Gasteiger partial charge in [0.1, 0.15) is 11.6 Å². The first-order valence-corrected chi connectivity index (χ1v) is 12.2. The van der Waals surface area contributed by atoms with Gasteiger partial charge < -0.3 is 9.64 Å². The average Bonchev–Trinajstić information content (AvgIpc) is 3.13. The van der Waals surface area contributed by atoms with Gasteiger partial charge >= 0.3 is 0 Å². The Morgan fingerprint density at radius 1 is 1.03 bits per heavy atom. The number of amides is 1. The van der Waals surface area contributed by atoms with Crippen molar-refractivity contribution < 1.29 is 9.53 Å². The third kappa shape index (κ3) is 4.60. The van der Waals surface area contributed by atoms with Crippen molar-refractivity contribution in [3.63, 3.8) is 0 Å². The average molecular weight is 520 g/mol. The van der Waals surface area contributed by atoms with E-state index in [4.69, 9.17) is 9.72 Å². The van der Waals surface area contributed by atoms with Crippen LogP contribution in [0.15, 0.2) is 59.1 Å². The highest BCUT2D eigenvalue weighted by Crippen LogP contribution is 2.28. The van der Waals surface area contributed by atoms with Gasteiger partial charge in [-0.15, -0.1) is 0 Å². The lowest BCUT2D eigenvalue weighted by Gasteiger charge is -2.28. The molecule has 0 aliphatic heterocycles. The number of fused-ring (bicyclic) bond motifs is 1. The molecule has 1 aromatic heterocycles. The molecular formula is C28H30BrN3O2. The molecule has 6 heteroatoms. The number of nitrogens with zero attached hydrogens (tertiary/aromatic N) is 3. The zero-order valence-corrected chi connectivity index (χ0v) is 22.1. The topological polar surface area (TPSA) is 47.4 Å². The predicted octanol–water partition coefficient (Wildman–Crippen LogP) is 6.77. The number of halogens is 1. The Morgan fingerprint density at radius 3 is 2.26 bits per heavy atom. The summed E-state index contributed by atoms with van der Waals surface area (Å²) >= 11 is 3.56. The van der Waals surface area contributed by atoms with Gasteiger partial charge in [-0.25, -0.2) is 4.98 Å². The van der Waals surface area contributed by atoms with Gasteiger partial charge in [0.05, 0.1) is 24.7 Å². The molecule has 0 saturated carbocycles. The molecular weight excluding hydrogens is 490 g/mol. The maximum atomic E-state index is 13.8. The summed E-state index contributed by atoms with van der Waals surface area (Å²) in [4.78, 5) is 20.7. The van der Waals surface area contributed by atoms with E-state index in [9.17, 15) is 4.79 Å². The standard InChI is InChI=1S/C28H30BrN3O2/c1-17(2)31(28(33)27-19(4)13-18(3)14-20(27)5)16-26-30-24-15-21(29)7-12-25(24)32(26)22-8-10-23(34-6)11-9-22/h7-15,17H,16H2,1-6H3. The predicted molar refractivity (Wildman–Crippen MR) is 141 cm³/mol. The fourth-order valence-electron chi connectivity index (χ4n) is 4.53. The van der Waals surface area contributed by atoms with Gasteiger partial charge in [0.2, 0.25) is 0 Å². The van der Waals surface area contributed by atoms with Gasteiger partial charge in [0.15, 0.2) is 0 Å². The van der Waals surface area contributed by atoms with Crippen molar-refractivity contribution in [2.24, 2.45) is 0 Å². The molecule has 4 rings (SSSR count). The molecule has 0 atom stereocenters. The number of rotatable bonds is 6. The highest BCUT2D eigenvalue weighted by molar-refractivity contribution is 9.10. The lowest BCUT2D eigenvalue weighted by molar-refractivity contribution is 0.0683. The molecule has 3 aromatic carbocycles. The molecule has 0 radical (unpaired) electrons. The Bertz CT molecular complexity index is 1330. The molecule has 34 heavy (non-hydrogen) atoms. The van der Waals surface area contributed by atoms with Crippen LogP contribution in [0.1, 0.15) is 46.7 Å². The fraction of sp³-hybridized carbons (Fsp3) is 0.286. The van der Waals surface area contributed by atoms with Crippen molar-refractivity contribution >= 4 is 32.9 Å². The van der Waals surface area contributed by atoms with Gasteiger partial charge in [-0.3, -0.25) is 9.36 Å². The number of hydrogen-bond acceptors (Lipinski definition) is 3. The Hall–Kier alpha value is -3.12. The first-order chi connectivity index (χ1) is 16.2. The normalized spacial score (nSPS) is 11.3. The monoisotopic (exact) mass is 519 g/mol. The molecule has 5 nitrogen and oxygen atoms in total. The minimum Gasteiger partial charge on any atom is -0.497 e. The molecule has 0 unspecified atom stereocenters. The second-order valence-electron chi connectivity index (χ2n) is 9.00. The number of carbonyl (C=O) groups excluding carboxylic acids is 1. The highest BCUT2D eigenvalue weighted by Gasteiger charge is 2.25. The quantitative estimate of drug-likeness (QED) is 0.282. The lowest BCUT2D eigenvalue weighted by atomic mass is 9.98. The van der Waals surface area contributed by atoms with Crippen LogP contribution in [-0.2, 0) is 6.54 Å². The second-order valence-corrected chi connectivity index (χ2v) is 9.91. The molecule has 1 heterocycles. The minimum atomic E-state index is 0.00321. The number of aryl methyl sites for hydroxylation is 3. The van der Waals surface area contributed by atoms with E-state index in [-0.39, 0.29) is 11.9 Å². The molecule has 0 saturated heterocycles. The molecule has 0 aliphatic carbocycles. The van der Waals surface area contributed by atoms with E-state index >= 15 is 0 Å². The van der Waals surface area contributed by atoms with E-state index in [1.165, 1.54) is 0 Å². The van der Waals surface area contributed by atoms with Crippen molar-refractivity contribution in [2.45, 2.75) is 47.2 Å². The summed E-state index contributed by atoms with van der Waals surface area (Å²) in [6.07, 6.45) is 0. The zero-order chi connectivity index (χ0) is 24.6. The Balaban J connectivity index is 1.82. The Labute approximate surface area is 209 Å². The first kappa shape index (κ1) is 24.0. The molecule has 0 N–H and O–H groups in total. The molecule has 0 aliphatic rings. The van der Waals surface area contributed by atoms with Crippen molar-refractivity contribution in [1.29, 1.82) is 0 Å². The maximum absolute atomic E-state index is 13.8. The van der Waals surface area contributed by atoms with Gasteiger partial charge in [-0.1, -0.05) is 33.6 Å². The number of aromatic nitrogens is 2. The van der Waals surface area contributed by atoms with Gasteiger partial charge in [-0.05, 0) is 88.2 Å². The van der Waals surface area contributed by atoms with Crippen LogP contribution >= 0.6 is 15.9 Å². The second kappa shape index (κ2) is 9.63. The van der Waals surface area contributed by atoms with Gasteiger partial charge in [0.25, 0.3) is 5.91 Å². The summed E-state index contributed by atoms with van der Waals surface area (Å²) in [5.74, 6) is 1.63. The summed E-state index contributed by atoms with van der Waals surface area (Å²) in [6, 6.07) is 18.1. The van der Waals surface area contributed by atoms with Gasteiger partial charge in [-0.2, -0.15) is 0 Å². The van der Waals surface area contributed by atoms with E-state index in [1.54, 1.807) is 7.11 Å². The summed E-state index contributed by atoms with van der Waals surface area (Å²) in [5.41, 5.74) is 6.77. The van der Waals surface area contributed by atoms with E-state index < -0.39 is 0 Å². The Morgan fingerprint density at radius 2 is 1.68 bits per heavy atom. The molecule has 1 amide bonds. The van der Waals surface area contributed by atoms with Crippen LogP contribution in [-0.4, -0.2) is 33.5 Å². The van der Waals surface area contributed by atoms with Crippen LogP contribution in [0.5, 0.6) is 5.75 Å². The van der Waals surface area contributed by atoms with E-state index in [0.29, 0.717) is 6.54 Å². The van der Waals surface area contributed by atoms with Crippen molar-refractivity contribution in [3.8, 4) is 11.4 Å². The van der Waals surface area contributed by atoms with Crippen molar-refractivity contribution in [3.05, 3.63) is 87.1 Å². The Kier molecular flexibility index (Phi) is 6.80. The summed E-state index contributed by atoms with van der Waals surface area (Å²) in [6.45, 7) is 10.6. The van der Waals surface area contributed by atoms with E-state index in [0.717, 1.165) is 55.0 Å². The van der Waals surface area contributed by atoms with Crippen LogP contribution in [0.25, 0.3) is 16.7 Å². The van der Waals surface area contributed by atoms with Crippen LogP contribution in [0.2, 0.25) is 0 Å². The fourth-order valence-corrected chi connectivity index (χ4v) is 4.88. The minimum absolute atomic E-state index is 0.00321. The van der Waals surface area contributed by atoms with E-state index in [2.05, 4.69) is 45.6 Å². The molecule has 0 fully saturated rings. The van der Waals surface area contributed by atoms with Crippen LogP contribution in [0.3, 0.4) is 0 Å². The van der Waals surface area contributed by atoms with Crippen molar-refractivity contribution in [2.75, 3.05) is 7.11 Å². The van der Waals surface area contributed by atoms with Crippen molar-refractivity contribution in [1.82, 2.24) is 14.5 Å². The lowest BCUT2D eigenvalue weighted by Crippen LogP contribution is -2.38. The molecule has 4 aromatic rings. The van der Waals surface area contributed by atoms with E-state index in [1.807, 2.05) is 69.0 Å².